The van der Waals surface area contributed by atoms with Crippen LogP contribution in [0, 0.1) is 0 Å². The molecule has 2 aromatic rings. The summed E-state index contributed by atoms with van der Waals surface area (Å²) in [6.07, 6.45) is 5.70. The van der Waals surface area contributed by atoms with Gasteiger partial charge in [0.15, 0.2) is 5.82 Å². The summed E-state index contributed by atoms with van der Waals surface area (Å²) in [7, 11) is 0. The number of hydrogen-bond acceptors (Lipinski definition) is 7. The summed E-state index contributed by atoms with van der Waals surface area (Å²) in [6, 6.07) is -0.245. The molecule has 0 saturated carbocycles. The number of nitrogens with zero attached hydrogens (tertiary/aromatic N) is 6. The van der Waals surface area contributed by atoms with Gasteiger partial charge in [0.25, 0.3) is 0 Å². The second kappa shape index (κ2) is 6.58. The highest BCUT2D eigenvalue weighted by molar-refractivity contribution is 5.68. The number of hydrogen-bond donors (Lipinski definition) is 0. The van der Waals surface area contributed by atoms with Crippen LogP contribution in [0.15, 0.2) is 16.9 Å². The van der Waals surface area contributed by atoms with Crippen molar-refractivity contribution in [2.75, 3.05) is 6.54 Å². The summed E-state index contributed by atoms with van der Waals surface area (Å²) in [6.45, 7) is 6.56. The third-order valence-electron chi connectivity index (χ3n) is 3.68. The van der Waals surface area contributed by atoms with Crippen LogP contribution in [0.4, 0.5) is 4.79 Å². The second-order valence-electron chi connectivity index (χ2n) is 6.83. The molecule has 9 heteroatoms. The minimum absolute atomic E-state index is 0.245. The molecule has 0 radical (unpaired) electrons. The first-order valence-corrected chi connectivity index (χ1v) is 8.08. The molecule has 0 aromatic carbocycles. The summed E-state index contributed by atoms with van der Waals surface area (Å²) in [5.41, 5.74) is -0.536. The Morgan fingerprint density at radius 1 is 1.42 bits per heavy atom. The van der Waals surface area contributed by atoms with E-state index in [1.165, 1.54) is 0 Å². The second-order valence-corrected chi connectivity index (χ2v) is 6.83. The number of piperidine rings is 1. The first kappa shape index (κ1) is 16.4. The van der Waals surface area contributed by atoms with Crippen molar-refractivity contribution in [2.45, 2.75) is 58.2 Å². The lowest BCUT2D eigenvalue weighted by Crippen LogP contribution is -2.42. The van der Waals surface area contributed by atoms with Crippen LogP contribution >= 0.6 is 0 Å². The SMILES string of the molecule is CC(C)(C)OC(=O)N1CCCC[C@H]1c1nc(Cn2ccnn2)no1. The van der Waals surface area contributed by atoms with Gasteiger partial charge >= 0.3 is 6.09 Å². The Hall–Kier alpha value is -2.45. The largest absolute Gasteiger partial charge is 0.444 e. The summed E-state index contributed by atoms with van der Waals surface area (Å²) in [4.78, 5) is 18.6. The van der Waals surface area contributed by atoms with Crippen LogP contribution in [-0.4, -0.2) is 48.3 Å². The zero-order chi connectivity index (χ0) is 17.2. The molecular formula is C15H22N6O3. The lowest BCUT2D eigenvalue weighted by atomic mass is 10.0. The summed E-state index contributed by atoms with van der Waals surface area (Å²) < 4.78 is 12.5. The van der Waals surface area contributed by atoms with Gasteiger partial charge in [-0.05, 0) is 40.0 Å². The molecular weight excluding hydrogens is 312 g/mol. The number of aromatic nitrogens is 5. The third kappa shape index (κ3) is 3.90. The maximum atomic E-state index is 12.5. The fourth-order valence-electron chi connectivity index (χ4n) is 2.66. The molecule has 0 N–H and O–H groups in total. The van der Waals surface area contributed by atoms with Crippen molar-refractivity contribution >= 4 is 6.09 Å². The normalized spacial score (nSPS) is 18.6. The van der Waals surface area contributed by atoms with Crippen LogP contribution in [0.5, 0.6) is 0 Å². The molecule has 3 rings (SSSR count). The van der Waals surface area contributed by atoms with E-state index in [2.05, 4.69) is 20.5 Å². The highest BCUT2D eigenvalue weighted by Gasteiger charge is 2.34. The predicted molar refractivity (Wildman–Crippen MR) is 83.0 cm³/mol. The van der Waals surface area contributed by atoms with Gasteiger partial charge in [-0.1, -0.05) is 10.4 Å². The van der Waals surface area contributed by atoms with Gasteiger partial charge in [-0.3, -0.25) is 4.90 Å². The number of carbonyl (C=O) groups is 1. The molecule has 2 aromatic heterocycles. The monoisotopic (exact) mass is 334 g/mol. The van der Waals surface area contributed by atoms with E-state index in [-0.39, 0.29) is 12.1 Å². The van der Waals surface area contributed by atoms with E-state index in [4.69, 9.17) is 9.26 Å². The number of rotatable bonds is 3. The molecule has 1 fully saturated rings. The van der Waals surface area contributed by atoms with E-state index in [0.29, 0.717) is 24.8 Å². The molecule has 1 saturated heterocycles. The molecule has 1 amide bonds. The molecule has 1 atom stereocenters. The fourth-order valence-corrected chi connectivity index (χ4v) is 2.66. The van der Waals surface area contributed by atoms with E-state index in [9.17, 15) is 4.79 Å². The number of likely N-dealkylation sites (tertiary alicyclic amines) is 1. The standard InChI is InChI=1S/C15H22N6O3/c1-15(2,3)23-14(22)21-8-5-4-6-11(21)13-17-12(18-24-13)10-20-9-7-16-19-20/h7,9,11H,4-6,8,10H2,1-3H3/t11-/m0/s1. The molecule has 3 heterocycles. The molecule has 0 unspecified atom stereocenters. The topological polar surface area (TPSA) is 99.2 Å². The summed E-state index contributed by atoms with van der Waals surface area (Å²) >= 11 is 0. The van der Waals surface area contributed by atoms with Crippen LogP contribution < -0.4 is 0 Å². The predicted octanol–water partition coefficient (Wildman–Crippen LogP) is 2.17. The van der Waals surface area contributed by atoms with Gasteiger partial charge in [0, 0.05) is 12.7 Å². The quantitative estimate of drug-likeness (QED) is 0.848. The average molecular weight is 334 g/mol. The minimum atomic E-state index is -0.536. The first-order chi connectivity index (χ1) is 11.4. The maximum Gasteiger partial charge on any atom is 0.410 e. The Balaban J connectivity index is 1.73. The van der Waals surface area contributed by atoms with E-state index < -0.39 is 5.60 Å². The first-order valence-electron chi connectivity index (χ1n) is 8.08. The van der Waals surface area contributed by atoms with E-state index >= 15 is 0 Å². The van der Waals surface area contributed by atoms with E-state index in [0.717, 1.165) is 19.3 Å². The summed E-state index contributed by atoms with van der Waals surface area (Å²) in [5, 5.41) is 11.6. The number of amides is 1. The van der Waals surface area contributed by atoms with E-state index in [1.807, 2.05) is 20.8 Å². The third-order valence-corrected chi connectivity index (χ3v) is 3.68. The van der Waals surface area contributed by atoms with Gasteiger partial charge < -0.3 is 9.26 Å². The van der Waals surface area contributed by atoms with E-state index in [1.54, 1.807) is 22.0 Å². The molecule has 0 bridgehead atoms. The van der Waals surface area contributed by atoms with Crippen LogP contribution in [0.25, 0.3) is 0 Å². The Bertz CT molecular complexity index is 676. The van der Waals surface area contributed by atoms with Crippen molar-refractivity contribution in [3.05, 3.63) is 24.1 Å². The minimum Gasteiger partial charge on any atom is -0.444 e. The van der Waals surface area contributed by atoms with Gasteiger partial charge in [0.05, 0.1) is 6.20 Å². The Morgan fingerprint density at radius 3 is 2.96 bits per heavy atom. The molecule has 1 aliphatic rings. The van der Waals surface area contributed by atoms with Crippen molar-refractivity contribution in [1.82, 2.24) is 30.0 Å². The van der Waals surface area contributed by atoms with Gasteiger partial charge in [-0.25, -0.2) is 9.48 Å². The summed E-state index contributed by atoms with van der Waals surface area (Å²) in [5.74, 6) is 0.945. The molecule has 1 aliphatic heterocycles. The molecule has 0 aliphatic carbocycles. The van der Waals surface area contributed by atoms with Gasteiger partial charge in [-0.15, -0.1) is 5.10 Å². The van der Waals surface area contributed by atoms with Crippen LogP contribution in [-0.2, 0) is 11.3 Å². The number of ether oxygens (including phenoxy) is 1. The van der Waals surface area contributed by atoms with Crippen LogP contribution in [0.1, 0.15) is 57.8 Å². The van der Waals surface area contributed by atoms with Crippen molar-refractivity contribution in [3.8, 4) is 0 Å². The Kier molecular flexibility index (Phi) is 4.50. The zero-order valence-electron chi connectivity index (χ0n) is 14.2. The maximum absolute atomic E-state index is 12.5. The average Bonchev–Trinajstić information content (AvgIpc) is 3.18. The van der Waals surface area contributed by atoms with Gasteiger partial charge in [0.1, 0.15) is 18.2 Å². The van der Waals surface area contributed by atoms with Crippen molar-refractivity contribution in [1.29, 1.82) is 0 Å². The Labute approximate surface area is 140 Å². The lowest BCUT2D eigenvalue weighted by Gasteiger charge is -2.34. The van der Waals surface area contributed by atoms with Gasteiger partial charge in [-0.2, -0.15) is 4.98 Å². The lowest BCUT2D eigenvalue weighted by molar-refractivity contribution is 0.00538. The van der Waals surface area contributed by atoms with Gasteiger partial charge in [0.2, 0.25) is 5.89 Å². The number of carbonyl (C=O) groups excluding carboxylic acids is 1. The van der Waals surface area contributed by atoms with Crippen molar-refractivity contribution in [3.63, 3.8) is 0 Å². The molecule has 24 heavy (non-hydrogen) atoms. The molecule has 9 nitrogen and oxygen atoms in total. The highest BCUT2D eigenvalue weighted by atomic mass is 16.6. The fraction of sp³-hybridized carbons (Fsp3) is 0.667. The van der Waals surface area contributed by atoms with Crippen LogP contribution in [0.2, 0.25) is 0 Å². The van der Waals surface area contributed by atoms with Crippen molar-refractivity contribution < 1.29 is 14.1 Å². The molecule has 0 spiro atoms. The van der Waals surface area contributed by atoms with Crippen molar-refractivity contribution in [2.24, 2.45) is 0 Å². The Morgan fingerprint density at radius 2 is 2.25 bits per heavy atom. The zero-order valence-corrected chi connectivity index (χ0v) is 14.2. The molecule has 130 valence electrons. The smallest absolute Gasteiger partial charge is 0.410 e. The highest BCUT2D eigenvalue weighted by Crippen LogP contribution is 2.31. The van der Waals surface area contributed by atoms with Crippen LogP contribution in [0.3, 0.4) is 0 Å².